The second kappa shape index (κ2) is 6.83. The van der Waals surface area contributed by atoms with Crippen LogP contribution in [0.2, 0.25) is 0 Å². The molecule has 5 nitrogen and oxygen atoms in total. The van der Waals surface area contributed by atoms with E-state index in [9.17, 15) is 35.9 Å². The predicted molar refractivity (Wildman–Crippen MR) is 63.6 cm³/mol. The van der Waals surface area contributed by atoms with Crippen LogP contribution in [0.25, 0.3) is 0 Å². The average molecular weight is 351 g/mol. The van der Waals surface area contributed by atoms with Gasteiger partial charge in [-0.25, -0.2) is 4.79 Å². The fourth-order valence-corrected chi connectivity index (χ4v) is 2.33. The molecule has 0 saturated heterocycles. The Morgan fingerprint density at radius 1 is 1.00 bits per heavy atom. The molecular weight excluding hydrogens is 336 g/mol. The summed E-state index contributed by atoms with van der Waals surface area (Å²) in [4.78, 5) is 21.9. The van der Waals surface area contributed by atoms with Gasteiger partial charge in [0.1, 0.15) is 6.42 Å². The van der Waals surface area contributed by atoms with Gasteiger partial charge < -0.3 is 15.2 Å². The SMILES string of the molecule is O=C(O)CC(OC(=O)NC1CCCCC1)(C(F)(F)F)C(F)(F)F. The normalized spacial score (nSPS) is 17.7. The third-order valence-corrected chi connectivity index (χ3v) is 3.51. The molecule has 1 saturated carbocycles. The summed E-state index contributed by atoms with van der Waals surface area (Å²) in [6.07, 6.45) is -13.7. The lowest BCUT2D eigenvalue weighted by molar-refractivity contribution is -0.365. The summed E-state index contributed by atoms with van der Waals surface area (Å²) in [6.45, 7) is 0. The molecule has 0 spiro atoms. The number of carbonyl (C=O) groups is 2. The largest absolute Gasteiger partial charge is 0.481 e. The zero-order chi connectivity index (χ0) is 17.9. The fraction of sp³-hybridized carbons (Fsp3) is 0.833. The number of carboxylic acids is 1. The number of halogens is 6. The minimum Gasteiger partial charge on any atom is -0.481 e. The molecule has 1 aliphatic carbocycles. The van der Waals surface area contributed by atoms with Gasteiger partial charge in [0.05, 0.1) is 0 Å². The van der Waals surface area contributed by atoms with Gasteiger partial charge in [-0.15, -0.1) is 0 Å². The molecule has 0 aromatic heterocycles. The lowest BCUT2D eigenvalue weighted by Crippen LogP contribution is -2.62. The summed E-state index contributed by atoms with van der Waals surface area (Å²) in [5, 5.41) is 10.3. The van der Waals surface area contributed by atoms with E-state index in [0.717, 1.165) is 6.42 Å². The molecule has 0 radical (unpaired) electrons. The van der Waals surface area contributed by atoms with Gasteiger partial charge in [-0.05, 0) is 12.8 Å². The maximum atomic E-state index is 12.9. The fourth-order valence-electron chi connectivity index (χ4n) is 2.33. The standard InChI is InChI=1S/C12H15F6NO4/c13-11(14,15)10(6-8(20)21,12(16,17)18)23-9(22)19-7-4-2-1-3-5-7/h7H,1-6H2,(H,19,22)(H,20,21). The molecule has 0 aromatic rings. The second-order valence-electron chi connectivity index (χ2n) is 5.26. The van der Waals surface area contributed by atoms with Gasteiger partial charge in [0.25, 0.3) is 0 Å². The molecule has 1 aliphatic rings. The molecule has 0 aromatic carbocycles. The summed E-state index contributed by atoms with van der Waals surface area (Å²) in [6, 6.07) is -0.597. The Morgan fingerprint density at radius 2 is 1.48 bits per heavy atom. The Labute approximate surface area is 127 Å². The predicted octanol–water partition coefficient (Wildman–Crippen LogP) is 3.38. The van der Waals surface area contributed by atoms with Crippen molar-refractivity contribution in [2.75, 3.05) is 0 Å². The minimum atomic E-state index is -6.13. The Kier molecular flexibility index (Phi) is 5.75. The maximum absolute atomic E-state index is 12.9. The summed E-state index contributed by atoms with van der Waals surface area (Å²) < 4.78 is 80.9. The van der Waals surface area contributed by atoms with Crippen LogP contribution in [0.5, 0.6) is 0 Å². The third kappa shape index (κ3) is 4.64. The molecule has 1 amide bonds. The van der Waals surface area contributed by atoms with E-state index in [1.165, 1.54) is 0 Å². The number of ether oxygens (including phenoxy) is 1. The van der Waals surface area contributed by atoms with Gasteiger partial charge in [-0.2, -0.15) is 26.3 Å². The van der Waals surface area contributed by atoms with Crippen molar-refractivity contribution in [3.05, 3.63) is 0 Å². The Morgan fingerprint density at radius 3 is 1.87 bits per heavy atom. The van der Waals surface area contributed by atoms with E-state index in [1.54, 1.807) is 0 Å². The van der Waals surface area contributed by atoms with Crippen LogP contribution in [0, 0.1) is 0 Å². The number of alkyl halides is 6. The molecule has 0 atom stereocenters. The van der Waals surface area contributed by atoms with E-state index in [2.05, 4.69) is 4.74 Å². The van der Waals surface area contributed by atoms with E-state index < -0.39 is 42.5 Å². The summed E-state index contributed by atoms with van der Waals surface area (Å²) in [5.41, 5.74) is -5.09. The first-order valence-electron chi connectivity index (χ1n) is 6.74. The highest BCUT2D eigenvalue weighted by atomic mass is 19.4. The van der Waals surface area contributed by atoms with Crippen LogP contribution >= 0.6 is 0 Å². The van der Waals surface area contributed by atoms with Crippen LogP contribution < -0.4 is 5.32 Å². The number of aliphatic carboxylic acids is 1. The number of carboxylic acid groups (broad SMARTS) is 1. The number of hydrogen-bond acceptors (Lipinski definition) is 3. The van der Waals surface area contributed by atoms with E-state index in [4.69, 9.17) is 5.11 Å². The van der Waals surface area contributed by atoms with Crippen molar-refractivity contribution in [1.82, 2.24) is 5.32 Å². The Balaban J connectivity index is 2.99. The van der Waals surface area contributed by atoms with Gasteiger partial charge in [0, 0.05) is 6.04 Å². The van der Waals surface area contributed by atoms with Crippen molar-refractivity contribution in [3.8, 4) is 0 Å². The highest BCUT2D eigenvalue weighted by Gasteiger charge is 2.75. The van der Waals surface area contributed by atoms with Crippen molar-refractivity contribution in [2.45, 2.75) is 62.5 Å². The van der Waals surface area contributed by atoms with Crippen molar-refractivity contribution in [1.29, 1.82) is 0 Å². The first kappa shape index (κ1) is 19.4. The molecule has 0 bridgehead atoms. The van der Waals surface area contributed by atoms with E-state index in [0.29, 0.717) is 25.7 Å². The molecule has 1 fully saturated rings. The average Bonchev–Trinajstić information content (AvgIpc) is 2.35. The van der Waals surface area contributed by atoms with Crippen LogP contribution in [-0.4, -0.2) is 41.2 Å². The first-order chi connectivity index (χ1) is 10.4. The smallest absolute Gasteiger partial charge is 0.438 e. The molecule has 0 aliphatic heterocycles. The minimum absolute atomic E-state index is 0.402. The van der Waals surface area contributed by atoms with Gasteiger partial charge >= 0.3 is 30.0 Å². The quantitative estimate of drug-likeness (QED) is 0.762. The number of rotatable bonds is 4. The van der Waals surface area contributed by atoms with Gasteiger partial charge in [0.15, 0.2) is 0 Å². The topological polar surface area (TPSA) is 75.6 Å². The number of nitrogens with one attached hydrogen (secondary N) is 1. The van der Waals surface area contributed by atoms with E-state index in [1.807, 2.05) is 5.32 Å². The number of hydrogen-bond donors (Lipinski definition) is 2. The van der Waals surface area contributed by atoms with Crippen LogP contribution in [0.4, 0.5) is 31.1 Å². The highest BCUT2D eigenvalue weighted by Crippen LogP contribution is 2.48. The monoisotopic (exact) mass is 351 g/mol. The molecule has 1 rings (SSSR count). The maximum Gasteiger partial charge on any atom is 0.438 e. The van der Waals surface area contributed by atoms with Crippen LogP contribution in [0.1, 0.15) is 38.5 Å². The third-order valence-electron chi connectivity index (χ3n) is 3.51. The van der Waals surface area contributed by atoms with Crippen molar-refractivity contribution in [2.24, 2.45) is 0 Å². The molecule has 0 heterocycles. The molecule has 23 heavy (non-hydrogen) atoms. The van der Waals surface area contributed by atoms with Gasteiger partial charge in [-0.1, -0.05) is 19.3 Å². The molecule has 2 N–H and O–H groups in total. The van der Waals surface area contributed by atoms with E-state index >= 15 is 0 Å². The number of amides is 1. The van der Waals surface area contributed by atoms with Crippen molar-refractivity contribution < 1.29 is 45.8 Å². The van der Waals surface area contributed by atoms with Crippen LogP contribution in [0.15, 0.2) is 0 Å². The van der Waals surface area contributed by atoms with Gasteiger partial charge in [0.2, 0.25) is 0 Å². The Bertz CT molecular complexity index is 428. The number of alkyl carbamates (subject to hydrolysis) is 1. The highest BCUT2D eigenvalue weighted by molar-refractivity contribution is 5.72. The molecule has 0 unspecified atom stereocenters. The van der Waals surface area contributed by atoms with Crippen LogP contribution in [-0.2, 0) is 9.53 Å². The number of carbonyl (C=O) groups excluding carboxylic acids is 1. The van der Waals surface area contributed by atoms with Gasteiger partial charge in [-0.3, -0.25) is 4.79 Å². The second-order valence-corrected chi connectivity index (χ2v) is 5.26. The summed E-state index contributed by atoms with van der Waals surface area (Å²) in [7, 11) is 0. The van der Waals surface area contributed by atoms with Crippen LogP contribution in [0.3, 0.4) is 0 Å². The molecule has 134 valence electrons. The zero-order valence-corrected chi connectivity index (χ0v) is 11.8. The Hall–Kier alpha value is -1.68. The first-order valence-corrected chi connectivity index (χ1v) is 6.74. The molecular formula is C12H15F6NO4. The van der Waals surface area contributed by atoms with Crippen molar-refractivity contribution in [3.63, 3.8) is 0 Å². The summed E-state index contributed by atoms with van der Waals surface area (Å²) in [5.74, 6) is -2.40. The van der Waals surface area contributed by atoms with Crippen molar-refractivity contribution >= 4 is 12.1 Å². The van der Waals surface area contributed by atoms with E-state index in [-0.39, 0.29) is 0 Å². The lowest BCUT2D eigenvalue weighted by atomic mass is 9.95. The molecule has 11 heteroatoms. The summed E-state index contributed by atoms with van der Waals surface area (Å²) >= 11 is 0. The lowest BCUT2D eigenvalue weighted by Gasteiger charge is -2.35. The zero-order valence-electron chi connectivity index (χ0n) is 11.8.